The third-order valence-electron chi connectivity index (χ3n) is 2.84. The smallest absolute Gasteiger partial charge is 0.260 e. The van der Waals surface area contributed by atoms with Crippen LogP contribution >= 0.6 is 0 Å². The molecule has 0 spiro atoms. The number of hydrogen-bond donors (Lipinski definition) is 1. The molecule has 2 amide bonds. The molecule has 0 atom stereocenters. The van der Waals surface area contributed by atoms with E-state index < -0.39 is 0 Å². The Balaban J connectivity index is 2.52. The summed E-state index contributed by atoms with van der Waals surface area (Å²) in [5.41, 5.74) is 6.43. The van der Waals surface area contributed by atoms with Crippen LogP contribution in [0.5, 0.6) is 5.75 Å². The van der Waals surface area contributed by atoms with Crippen molar-refractivity contribution in [3.05, 3.63) is 29.8 Å². The number of ether oxygens (including phenoxy) is 1. The van der Waals surface area contributed by atoms with E-state index in [1.165, 1.54) is 9.80 Å². The number of nitrogens with two attached hydrogens (primary N) is 1. The Labute approximate surface area is 119 Å². The molecule has 1 aromatic carbocycles. The van der Waals surface area contributed by atoms with E-state index >= 15 is 0 Å². The summed E-state index contributed by atoms with van der Waals surface area (Å²) in [6.45, 7) is 0.265. The number of rotatable bonds is 6. The first-order valence-electron chi connectivity index (χ1n) is 6.30. The molecule has 0 aliphatic carbocycles. The fourth-order valence-corrected chi connectivity index (χ4v) is 1.50. The van der Waals surface area contributed by atoms with Gasteiger partial charge in [-0.2, -0.15) is 0 Å². The zero-order valence-corrected chi connectivity index (χ0v) is 12.1. The van der Waals surface area contributed by atoms with E-state index in [0.717, 1.165) is 5.56 Å². The predicted octanol–water partition coefficient (Wildman–Crippen LogP) is 0.0707. The van der Waals surface area contributed by atoms with Crippen LogP contribution in [0.25, 0.3) is 0 Å². The summed E-state index contributed by atoms with van der Waals surface area (Å²) in [5.74, 6) is 0.200. The molecule has 0 saturated carbocycles. The van der Waals surface area contributed by atoms with E-state index in [-0.39, 0.29) is 25.0 Å². The van der Waals surface area contributed by atoms with Crippen LogP contribution in [0.15, 0.2) is 24.3 Å². The SMILES string of the molecule is CN(C)C(=O)CN(C)C(=O)COc1ccccc1CN. The van der Waals surface area contributed by atoms with Gasteiger partial charge < -0.3 is 20.3 Å². The molecule has 0 heterocycles. The van der Waals surface area contributed by atoms with Gasteiger partial charge in [-0.25, -0.2) is 0 Å². The van der Waals surface area contributed by atoms with E-state index in [2.05, 4.69) is 0 Å². The molecular weight excluding hydrogens is 258 g/mol. The first-order chi connectivity index (χ1) is 9.45. The lowest BCUT2D eigenvalue weighted by atomic mass is 10.2. The quantitative estimate of drug-likeness (QED) is 0.799. The van der Waals surface area contributed by atoms with Crippen molar-refractivity contribution in [2.24, 2.45) is 5.73 Å². The number of nitrogens with zero attached hydrogens (tertiary/aromatic N) is 2. The summed E-state index contributed by atoms with van der Waals surface area (Å²) in [5, 5.41) is 0. The second-order valence-electron chi connectivity index (χ2n) is 4.64. The Bertz CT molecular complexity index is 474. The highest BCUT2D eigenvalue weighted by Gasteiger charge is 2.15. The van der Waals surface area contributed by atoms with Gasteiger partial charge in [-0.15, -0.1) is 0 Å². The highest BCUT2D eigenvalue weighted by atomic mass is 16.5. The molecule has 6 heteroatoms. The van der Waals surface area contributed by atoms with Crippen LogP contribution in [0.3, 0.4) is 0 Å². The van der Waals surface area contributed by atoms with Crippen molar-refractivity contribution >= 4 is 11.8 Å². The van der Waals surface area contributed by atoms with Gasteiger partial charge in [-0.05, 0) is 6.07 Å². The predicted molar refractivity (Wildman–Crippen MR) is 76.2 cm³/mol. The van der Waals surface area contributed by atoms with Crippen LogP contribution in [-0.2, 0) is 16.1 Å². The molecule has 1 rings (SSSR count). The molecule has 110 valence electrons. The van der Waals surface area contributed by atoms with Crippen LogP contribution in [0.4, 0.5) is 0 Å². The van der Waals surface area contributed by atoms with Gasteiger partial charge in [0.2, 0.25) is 5.91 Å². The van der Waals surface area contributed by atoms with Gasteiger partial charge in [0.15, 0.2) is 6.61 Å². The maximum Gasteiger partial charge on any atom is 0.260 e. The van der Waals surface area contributed by atoms with Crippen LogP contribution in [0.2, 0.25) is 0 Å². The molecular formula is C14H21N3O3. The highest BCUT2D eigenvalue weighted by molar-refractivity contribution is 5.85. The molecule has 0 unspecified atom stereocenters. The average molecular weight is 279 g/mol. The molecule has 0 aliphatic heterocycles. The van der Waals surface area contributed by atoms with Gasteiger partial charge in [0, 0.05) is 33.3 Å². The number of benzene rings is 1. The number of carbonyl (C=O) groups is 2. The summed E-state index contributed by atoms with van der Waals surface area (Å²) in [6.07, 6.45) is 0. The van der Waals surface area contributed by atoms with Crippen molar-refractivity contribution in [1.82, 2.24) is 9.80 Å². The third kappa shape index (κ3) is 4.55. The van der Waals surface area contributed by atoms with Crippen molar-refractivity contribution < 1.29 is 14.3 Å². The minimum absolute atomic E-state index is 0.0354. The maximum atomic E-state index is 11.9. The molecule has 20 heavy (non-hydrogen) atoms. The number of amides is 2. The molecule has 0 aliphatic rings. The molecule has 0 bridgehead atoms. The molecule has 2 N–H and O–H groups in total. The molecule has 0 fully saturated rings. The van der Waals surface area contributed by atoms with Crippen molar-refractivity contribution in [3.63, 3.8) is 0 Å². The summed E-state index contributed by atoms with van der Waals surface area (Å²) in [7, 11) is 4.87. The molecule has 1 aromatic rings. The minimum atomic E-state index is -0.257. The molecule has 0 aromatic heterocycles. The monoisotopic (exact) mass is 279 g/mol. The van der Waals surface area contributed by atoms with Crippen LogP contribution in [0.1, 0.15) is 5.56 Å². The zero-order chi connectivity index (χ0) is 15.1. The van der Waals surface area contributed by atoms with Crippen LogP contribution in [0, 0.1) is 0 Å². The Morgan fingerprint density at radius 2 is 1.80 bits per heavy atom. The second-order valence-corrected chi connectivity index (χ2v) is 4.64. The van der Waals surface area contributed by atoms with E-state index in [1.54, 1.807) is 27.2 Å². The van der Waals surface area contributed by atoms with Crippen molar-refractivity contribution in [2.75, 3.05) is 34.3 Å². The fourth-order valence-electron chi connectivity index (χ4n) is 1.50. The van der Waals surface area contributed by atoms with Crippen LogP contribution < -0.4 is 10.5 Å². The molecule has 6 nitrogen and oxygen atoms in total. The van der Waals surface area contributed by atoms with Gasteiger partial charge in [0.05, 0.1) is 6.54 Å². The summed E-state index contributed by atoms with van der Waals surface area (Å²) in [6, 6.07) is 7.29. The van der Waals surface area contributed by atoms with Gasteiger partial charge in [0.25, 0.3) is 5.91 Å². The lowest BCUT2D eigenvalue weighted by Crippen LogP contribution is -2.39. The standard InChI is InChI=1S/C14H21N3O3/c1-16(2)13(18)9-17(3)14(19)10-20-12-7-5-4-6-11(12)8-15/h4-7H,8-10,15H2,1-3H3. The third-order valence-corrected chi connectivity index (χ3v) is 2.84. The van der Waals surface area contributed by atoms with E-state index in [1.807, 2.05) is 18.2 Å². The molecule has 0 radical (unpaired) electrons. The van der Waals surface area contributed by atoms with E-state index in [0.29, 0.717) is 12.3 Å². The van der Waals surface area contributed by atoms with Gasteiger partial charge in [-0.3, -0.25) is 9.59 Å². The summed E-state index contributed by atoms with van der Waals surface area (Å²) >= 11 is 0. The van der Waals surface area contributed by atoms with Crippen molar-refractivity contribution in [1.29, 1.82) is 0 Å². The van der Waals surface area contributed by atoms with Crippen molar-refractivity contribution in [2.45, 2.75) is 6.54 Å². The van der Waals surface area contributed by atoms with E-state index in [9.17, 15) is 9.59 Å². The number of para-hydroxylation sites is 1. The largest absolute Gasteiger partial charge is 0.483 e. The summed E-state index contributed by atoms with van der Waals surface area (Å²) < 4.78 is 5.46. The Morgan fingerprint density at radius 1 is 1.15 bits per heavy atom. The molecule has 0 saturated heterocycles. The normalized spacial score (nSPS) is 10.0. The first kappa shape index (κ1) is 16.0. The zero-order valence-electron chi connectivity index (χ0n) is 12.1. The number of carbonyl (C=O) groups excluding carboxylic acids is 2. The number of hydrogen-bond acceptors (Lipinski definition) is 4. The summed E-state index contributed by atoms with van der Waals surface area (Å²) in [4.78, 5) is 26.2. The Hall–Kier alpha value is -2.08. The lowest BCUT2D eigenvalue weighted by Gasteiger charge is -2.19. The topological polar surface area (TPSA) is 75.9 Å². The van der Waals surface area contributed by atoms with E-state index in [4.69, 9.17) is 10.5 Å². The Kier molecular flexibility index (Phi) is 5.99. The Morgan fingerprint density at radius 3 is 2.40 bits per heavy atom. The highest BCUT2D eigenvalue weighted by Crippen LogP contribution is 2.16. The minimum Gasteiger partial charge on any atom is -0.483 e. The van der Waals surface area contributed by atoms with Gasteiger partial charge >= 0.3 is 0 Å². The number of likely N-dealkylation sites (N-methyl/N-ethyl adjacent to an activating group) is 2. The maximum absolute atomic E-state index is 11.9. The second kappa shape index (κ2) is 7.49. The van der Waals surface area contributed by atoms with Crippen LogP contribution in [-0.4, -0.2) is 55.9 Å². The first-order valence-corrected chi connectivity index (χ1v) is 6.30. The van der Waals surface area contributed by atoms with Crippen molar-refractivity contribution in [3.8, 4) is 5.75 Å². The average Bonchev–Trinajstić information content (AvgIpc) is 2.44. The van der Waals surface area contributed by atoms with Gasteiger partial charge in [-0.1, -0.05) is 18.2 Å². The van der Waals surface area contributed by atoms with Gasteiger partial charge in [0.1, 0.15) is 5.75 Å². The fraction of sp³-hybridized carbons (Fsp3) is 0.429. The lowest BCUT2D eigenvalue weighted by molar-refractivity contribution is -0.139.